The van der Waals surface area contributed by atoms with Crippen LogP contribution in [0.25, 0.3) is 0 Å². The van der Waals surface area contributed by atoms with Crippen molar-refractivity contribution in [2.45, 2.75) is 25.2 Å². The Bertz CT molecular complexity index is 288. The molecule has 1 aromatic heterocycles. The lowest BCUT2D eigenvalue weighted by Gasteiger charge is -1.97. The van der Waals surface area contributed by atoms with E-state index in [2.05, 4.69) is 15.4 Å². The van der Waals surface area contributed by atoms with Crippen LogP contribution in [0.5, 0.6) is 0 Å². The fraction of sp³-hybridized carbons (Fsp3) is 0.778. The standard InChI is InChI=1S/C9H16N4/c1-10-6-5-8-11-9(7-3-4-7)12-13(8)2/h7,10H,3-6H2,1-2H3. The third-order valence-electron chi connectivity index (χ3n) is 2.41. The molecule has 0 saturated heterocycles. The Hall–Kier alpha value is -0.900. The smallest absolute Gasteiger partial charge is 0.154 e. The molecule has 4 nitrogen and oxygen atoms in total. The van der Waals surface area contributed by atoms with E-state index < -0.39 is 0 Å². The van der Waals surface area contributed by atoms with Gasteiger partial charge in [0.2, 0.25) is 0 Å². The highest BCUT2D eigenvalue weighted by atomic mass is 15.3. The topological polar surface area (TPSA) is 42.7 Å². The van der Waals surface area contributed by atoms with Crippen LogP contribution in [-0.4, -0.2) is 28.4 Å². The third kappa shape index (κ3) is 1.88. The minimum atomic E-state index is 0.662. The Balaban J connectivity index is 2.06. The molecule has 1 aliphatic rings. The van der Waals surface area contributed by atoms with Crippen LogP contribution in [0, 0.1) is 0 Å². The van der Waals surface area contributed by atoms with Gasteiger partial charge >= 0.3 is 0 Å². The Labute approximate surface area is 78.4 Å². The molecule has 4 heteroatoms. The van der Waals surface area contributed by atoms with Gasteiger partial charge in [0.15, 0.2) is 5.82 Å². The molecule has 1 aromatic rings. The molecule has 1 aliphatic carbocycles. The van der Waals surface area contributed by atoms with Crippen LogP contribution < -0.4 is 5.32 Å². The van der Waals surface area contributed by atoms with Gasteiger partial charge in [-0.2, -0.15) is 5.10 Å². The van der Waals surface area contributed by atoms with Gasteiger partial charge < -0.3 is 5.32 Å². The molecule has 0 radical (unpaired) electrons. The van der Waals surface area contributed by atoms with Crippen molar-refractivity contribution >= 4 is 0 Å². The van der Waals surface area contributed by atoms with Crippen molar-refractivity contribution in [2.75, 3.05) is 13.6 Å². The molecule has 1 N–H and O–H groups in total. The van der Waals surface area contributed by atoms with Crippen molar-refractivity contribution in [3.05, 3.63) is 11.6 Å². The van der Waals surface area contributed by atoms with E-state index in [4.69, 9.17) is 0 Å². The lowest BCUT2D eigenvalue weighted by molar-refractivity contribution is 0.667. The lowest BCUT2D eigenvalue weighted by Crippen LogP contribution is -2.13. The van der Waals surface area contributed by atoms with E-state index in [1.165, 1.54) is 12.8 Å². The normalized spacial score (nSPS) is 16.5. The van der Waals surface area contributed by atoms with Crippen molar-refractivity contribution < 1.29 is 0 Å². The fourth-order valence-electron chi connectivity index (χ4n) is 1.41. The van der Waals surface area contributed by atoms with Gasteiger partial charge in [0, 0.05) is 25.9 Å². The van der Waals surface area contributed by atoms with Gasteiger partial charge in [-0.25, -0.2) is 4.98 Å². The fourth-order valence-corrected chi connectivity index (χ4v) is 1.41. The summed E-state index contributed by atoms with van der Waals surface area (Å²) < 4.78 is 1.91. The number of likely N-dealkylation sites (N-methyl/N-ethyl adjacent to an activating group) is 1. The van der Waals surface area contributed by atoms with Crippen molar-refractivity contribution in [3.63, 3.8) is 0 Å². The van der Waals surface area contributed by atoms with Crippen LogP contribution in [0.1, 0.15) is 30.4 Å². The van der Waals surface area contributed by atoms with E-state index >= 15 is 0 Å². The van der Waals surface area contributed by atoms with Crippen molar-refractivity contribution in [1.29, 1.82) is 0 Å². The highest BCUT2D eigenvalue weighted by molar-refractivity contribution is 5.06. The number of hydrogen-bond acceptors (Lipinski definition) is 3. The predicted octanol–water partition coefficient (Wildman–Crippen LogP) is 0.454. The zero-order valence-corrected chi connectivity index (χ0v) is 8.25. The summed E-state index contributed by atoms with van der Waals surface area (Å²) >= 11 is 0. The van der Waals surface area contributed by atoms with Crippen LogP contribution in [-0.2, 0) is 13.5 Å². The first-order valence-corrected chi connectivity index (χ1v) is 4.85. The number of aryl methyl sites for hydroxylation is 1. The number of nitrogens with one attached hydrogen (secondary N) is 1. The van der Waals surface area contributed by atoms with Gasteiger partial charge in [-0.1, -0.05) is 0 Å². The molecule has 1 saturated carbocycles. The van der Waals surface area contributed by atoms with Crippen molar-refractivity contribution in [1.82, 2.24) is 20.1 Å². The van der Waals surface area contributed by atoms with Gasteiger partial charge in [0.25, 0.3) is 0 Å². The Morgan fingerprint density at radius 1 is 1.54 bits per heavy atom. The summed E-state index contributed by atoms with van der Waals surface area (Å²) in [6.45, 7) is 0.969. The second kappa shape index (κ2) is 3.46. The molecule has 0 atom stereocenters. The lowest BCUT2D eigenvalue weighted by atomic mass is 10.4. The summed E-state index contributed by atoms with van der Waals surface area (Å²) in [6.07, 6.45) is 3.51. The first-order valence-electron chi connectivity index (χ1n) is 4.85. The van der Waals surface area contributed by atoms with E-state index in [1.54, 1.807) is 0 Å². The first kappa shape index (κ1) is 8.69. The average molecular weight is 180 g/mol. The highest BCUT2D eigenvalue weighted by Crippen LogP contribution is 2.37. The summed E-state index contributed by atoms with van der Waals surface area (Å²) in [7, 11) is 3.93. The Kier molecular flexibility index (Phi) is 2.31. The van der Waals surface area contributed by atoms with Crippen LogP contribution in [0.3, 0.4) is 0 Å². The van der Waals surface area contributed by atoms with Crippen LogP contribution >= 0.6 is 0 Å². The summed E-state index contributed by atoms with van der Waals surface area (Å²) in [5.41, 5.74) is 0. The van der Waals surface area contributed by atoms with Gasteiger partial charge in [-0.3, -0.25) is 4.68 Å². The second-order valence-corrected chi connectivity index (χ2v) is 3.64. The maximum Gasteiger partial charge on any atom is 0.154 e. The summed E-state index contributed by atoms with van der Waals surface area (Å²) in [4.78, 5) is 4.52. The zero-order chi connectivity index (χ0) is 9.26. The predicted molar refractivity (Wildman–Crippen MR) is 50.6 cm³/mol. The molecule has 0 bridgehead atoms. The molecular weight excluding hydrogens is 164 g/mol. The maximum atomic E-state index is 4.52. The average Bonchev–Trinajstić information content (AvgIpc) is 2.89. The van der Waals surface area contributed by atoms with Crippen LogP contribution in [0.15, 0.2) is 0 Å². The Morgan fingerprint density at radius 3 is 2.92 bits per heavy atom. The Morgan fingerprint density at radius 2 is 2.31 bits per heavy atom. The molecule has 1 heterocycles. The van der Waals surface area contributed by atoms with Crippen LogP contribution in [0.4, 0.5) is 0 Å². The molecule has 0 aromatic carbocycles. The monoisotopic (exact) mass is 180 g/mol. The molecule has 72 valence electrons. The van der Waals surface area contributed by atoms with Crippen molar-refractivity contribution in [2.24, 2.45) is 7.05 Å². The quantitative estimate of drug-likeness (QED) is 0.731. The third-order valence-corrected chi connectivity index (χ3v) is 2.41. The van der Waals surface area contributed by atoms with Gasteiger partial charge in [0.05, 0.1) is 0 Å². The zero-order valence-electron chi connectivity index (χ0n) is 8.25. The summed E-state index contributed by atoms with van der Waals surface area (Å²) in [5, 5.41) is 7.52. The number of hydrogen-bond donors (Lipinski definition) is 1. The second-order valence-electron chi connectivity index (χ2n) is 3.64. The SMILES string of the molecule is CNCCc1nc(C2CC2)nn1C. The maximum absolute atomic E-state index is 4.52. The molecule has 0 spiro atoms. The van der Waals surface area contributed by atoms with E-state index in [1.807, 2.05) is 18.8 Å². The summed E-state index contributed by atoms with van der Waals surface area (Å²) in [6, 6.07) is 0. The van der Waals surface area contributed by atoms with Crippen LogP contribution in [0.2, 0.25) is 0 Å². The van der Waals surface area contributed by atoms with Gasteiger partial charge in [0.1, 0.15) is 5.82 Å². The van der Waals surface area contributed by atoms with E-state index in [9.17, 15) is 0 Å². The molecule has 0 aliphatic heterocycles. The van der Waals surface area contributed by atoms with E-state index in [-0.39, 0.29) is 0 Å². The summed E-state index contributed by atoms with van der Waals surface area (Å²) in [5.74, 6) is 2.80. The van der Waals surface area contributed by atoms with E-state index in [0.29, 0.717) is 5.92 Å². The number of rotatable bonds is 4. The number of aromatic nitrogens is 3. The highest BCUT2D eigenvalue weighted by Gasteiger charge is 2.28. The molecule has 0 unspecified atom stereocenters. The largest absolute Gasteiger partial charge is 0.319 e. The molecular formula is C9H16N4. The van der Waals surface area contributed by atoms with Gasteiger partial charge in [-0.15, -0.1) is 0 Å². The first-order chi connectivity index (χ1) is 6.31. The molecule has 0 amide bonds. The molecule has 2 rings (SSSR count). The number of nitrogens with zero attached hydrogens (tertiary/aromatic N) is 3. The van der Waals surface area contributed by atoms with Gasteiger partial charge in [-0.05, 0) is 19.9 Å². The minimum absolute atomic E-state index is 0.662. The minimum Gasteiger partial charge on any atom is -0.319 e. The van der Waals surface area contributed by atoms with Crippen molar-refractivity contribution in [3.8, 4) is 0 Å². The molecule has 1 fully saturated rings. The van der Waals surface area contributed by atoms with E-state index in [0.717, 1.165) is 24.6 Å². The molecule has 13 heavy (non-hydrogen) atoms.